The molecule has 0 saturated carbocycles. The molecule has 5 nitrogen and oxygen atoms in total. The van der Waals surface area contributed by atoms with Crippen LogP contribution in [0.3, 0.4) is 0 Å². The van der Waals surface area contributed by atoms with Gasteiger partial charge < -0.3 is 9.90 Å². The molecule has 0 spiro atoms. The molecule has 0 aliphatic rings. The van der Waals surface area contributed by atoms with Crippen molar-refractivity contribution in [3.05, 3.63) is 30.1 Å². The Morgan fingerprint density at radius 3 is 2.67 bits per heavy atom. The summed E-state index contributed by atoms with van der Waals surface area (Å²) in [6, 6.07) is 7.45. The number of carbonyl (C=O) groups is 2. The molecule has 0 amide bonds. The zero-order valence-corrected chi connectivity index (χ0v) is 10.1. The van der Waals surface area contributed by atoms with Gasteiger partial charge >= 0.3 is 5.91 Å². The standard InChI is InChI=1S/C13H14N2O3/c1-2-11-14-9-5-3-4-6-10(9)15(11)12(16)7-8-13(17)18/h3-6H,2,7-8H2,1H3,(H,17,18). The predicted molar refractivity (Wildman–Crippen MR) is 62.7 cm³/mol. The van der Waals surface area contributed by atoms with Crippen molar-refractivity contribution in [3.63, 3.8) is 0 Å². The van der Waals surface area contributed by atoms with Gasteiger partial charge in [0.25, 0.3) is 5.82 Å². The molecule has 0 saturated heterocycles. The van der Waals surface area contributed by atoms with Gasteiger partial charge in [-0.15, -0.1) is 0 Å². The largest absolute Gasteiger partial charge is 0.550 e. The summed E-state index contributed by atoms with van der Waals surface area (Å²) in [7, 11) is 0. The summed E-state index contributed by atoms with van der Waals surface area (Å²) in [6.45, 7) is 1.94. The second-order valence-corrected chi connectivity index (χ2v) is 4.04. The highest BCUT2D eigenvalue weighted by atomic mass is 16.4. The highest BCUT2D eigenvalue weighted by Gasteiger charge is 2.22. The third-order valence-electron chi connectivity index (χ3n) is 2.82. The van der Waals surface area contributed by atoms with Crippen LogP contribution in [-0.4, -0.2) is 16.4 Å². The molecular formula is C13H14N2O3. The molecule has 1 aromatic carbocycles. The number of carboxylic acid groups (broad SMARTS) is 1. The van der Waals surface area contributed by atoms with E-state index in [4.69, 9.17) is 0 Å². The van der Waals surface area contributed by atoms with E-state index in [-0.39, 0.29) is 18.7 Å². The molecule has 0 aliphatic heterocycles. The average molecular weight is 246 g/mol. The Morgan fingerprint density at radius 2 is 2.00 bits per heavy atom. The summed E-state index contributed by atoms with van der Waals surface area (Å²) in [5.41, 5.74) is 1.65. The highest BCUT2D eigenvalue weighted by Crippen LogP contribution is 2.13. The number of fused-ring (bicyclic) bond motifs is 1. The number of hydrogen-bond donors (Lipinski definition) is 0. The molecule has 0 aliphatic carbocycles. The number of aromatic amines is 1. The van der Waals surface area contributed by atoms with Gasteiger partial charge in [-0.3, -0.25) is 0 Å². The fraction of sp³-hybridized carbons (Fsp3) is 0.308. The van der Waals surface area contributed by atoms with Crippen LogP contribution in [0.5, 0.6) is 0 Å². The normalized spacial score (nSPS) is 10.7. The Balaban J connectivity index is 2.41. The van der Waals surface area contributed by atoms with E-state index in [2.05, 4.69) is 4.98 Å². The van der Waals surface area contributed by atoms with E-state index in [1.165, 1.54) is 0 Å². The maximum absolute atomic E-state index is 12.1. The van der Waals surface area contributed by atoms with Gasteiger partial charge in [0.2, 0.25) is 0 Å². The lowest BCUT2D eigenvalue weighted by atomic mass is 10.2. The number of nitrogens with zero attached hydrogens (tertiary/aromatic N) is 1. The SMILES string of the molecule is CCc1[nH+]c2ccccc2n1C(=O)CCC(=O)[O-]. The number of para-hydroxylation sites is 2. The van der Waals surface area contributed by atoms with Crippen molar-refractivity contribution in [2.24, 2.45) is 0 Å². The van der Waals surface area contributed by atoms with Crippen molar-refractivity contribution in [3.8, 4) is 0 Å². The Bertz CT molecular complexity index is 601. The van der Waals surface area contributed by atoms with Crippen LogP contribution in [0, 0.1) is 0 Å². The fourth-order valence-electron chi connectivity index (χ4n) is 1.98. The lowest BCUT2D eigenvalue weighted by molar-refractivity contribution is -0.358. The first-order valence-electron chi connectivity index (χ1n) is 5.88. The van der Waals surface area contributed by atoms with E-state index in [0.717, 1.165) is 16.9 Å². The van der Waals surface area contributed by atoms with Crippen LogP contribution in [0.15, 0.2) is 24.3 Å². The molecule has 2 aromatic rings. The predicted octanol–water partition coefficient (Wildman–Crippen LogP) is 0.188. The second kappa shape index (κ2) is 5.00. The Morgan fingerprint density at radius 1 is 1.28 bits per heavy atom. The summed E-state index contributed by atoms with van der Waals surface area (Å²) in [5, 5.41) is 10.4. The minimum Gasteiger partial charge on any atom is -0.550 e. The van der Waals surface area contributed by atoms with E-state index in [1.54, 1.807) is 4.57 Å². The molecule has 0 unspecified atom stereocenters. The van der Waals surface area contributed by atoms with Crippen LogP contribution in [0.25, 0.3) is 11.0 Å². The molecule has 5 heteroatoms. The molecular weight excluding hydrogens is 232 g/mol. The molecule has 0 atom stereocenters. The first-order valence-corrected chi connectivity index (χ1v) is 5.88. The van der Waals surface area contributed by atoms with Crippen molar-refractivity contribution in [1.29, 1.82) is 0 Å². The third-order valence-corrected chi connectivity index (χ3v) is 2.82. The van der Waals surface area contributed by atoms with Crippen molar-refractivity contribution in [1.82, 2.24) is 4.57 Å². The second-order valence-electron chi connectivity index (χ2n) is 4.04. The Hall–Kier alpha value is -2.17. The quantitative estimate of drug-likeness (QED) is 0.772. The number of aliphatic carboxylic acids is 1. The minimum atomic E-state index is -1.21. The van der Waals surface area contributed by atoms with Gasteiger partial charge in [0.15, 0.2) is 11.0 Å². The summed E-state index contributed by atoms with van der Waals surface area (Å²) in [4.78, 5) is 25.6. The number of hydrogen-bond acceptors (Lipinski definition) is 3. The smallest absolute Gasteiger partial charge is 0.315 e. The number of benzene rings is 1. The van der Waals surface area contributed by atoms with Crippen LogP contribution in [-0.2, 0) is 11.2 Å². The van der Waals surface area contributed by atoms with E-state index >= 15 is 0 Å². The summed E-state index contributed by atoms with van der Waals surface area (Å²) < 4.78 is 1.55. The number of imidazole rings is 1. The van der Waals surface area contributed by atoms with Crippen LogP contribution < -0.4 is 10.1 Å². The minimum absolute atomic E-state index is 0.0537. The van der Waals surface area contributed by atoms with Gasteiger partial charge in [0, 0.05) is 12.4 Å². The first-order chi connectivity index (χ1) is 8.63. The van der Waals surface area contributed by atoms with Crippen molar-refractivity contribution >= 4 is 22.9 Å². The van der Waals surface area contributed by atoms with Crippen LogP contribution in [0.1, 0.15) is 30.4 Å². The lowest BCUT2D eigenvalue weighted by Gasteiger charge is -2.00. The first kappa shape index (κ1) is 12.3. The molecule has 0 bridgehead atoms. The number of aryl methyl sites for hydroxylation is 1. The van der Waals surface area contributed by atoms with Crippen LogP contribution >= 0.6 is 0 Å². The lowest BCUT2D eigenvalue weighted by Crippen LogP contribution is -2.25. The zero-order chi connectivity index (χ0) is 13.1. The molecule has 18 heavy (non-hydrogen) atoms. The van der Waals surface area contributed by atoms with Gasteiger partial charge in [-0.1, -0.05) is 19.1 Å². The molecule has 0 fully saturated rings. The topological polar surface area (TPSA) is 76.3 Å². The highest BCUT2D eigenvalue weighted by molar-refractivity contribution is 5.90. The number of H-pyrrole nitrogens is 1. The van der Waals surface area contributed by atoms with Crippen LogP contribution in [0.4, 0.5) is 0 Å². The van der Waals surface area contributed by atoms with Gasteiger partial charge in [-0.2, -0.15) is 4.57 Å². The number of carboxylic acids is 1. The monoisotopic (exact) mass is 246 g/mol. The van der Waals surface area contributed by atoms with Crippen molar-refractivity contribution < 1.29 is 19.7 Å². The van der Waals surface area contributed by atoms with Crippen LogP contribution in [0.2, 0.25) is 0 Å². The van der Waals surface area contributed by atoms with Crippen molar-refractivity contribution in [2.75, 3.05) is 0 Å². The van der Waals surface area contributed by atoms with Gasteiger partial charge in [0.1, 0.15) is 0 Å². The Kier molecular flexibility index (Phi) is 3.41. The number of aromatic nitrogens is 2. The average Bonchev–Trinajstić information content (AvgIpc) is 2.74. The maximum Gasteiger partial charge on any atom is 0.315 e. The summed E-state index contributed by atoms with van der Waals surface area (Å²) in [6.07, 6.45) is 0.363. The molecule has 0 radical (unpaired) electrons. The third kappa shape index (κ3) is 2.25. The van der Waals surface area contributed by atoms with Gasteiger partial charge in [-0.25, -0.2) is 9.78 Å². The number of nitrogens with one attached hydrogen (secondary N) is 1. The van der Waals surface area contributed by atoms with Gasteiger partial charge in [0.05, 0.1) is 6.42 Å². The number of carbonyl (C=O) groups excluding carboxylic acids is 2. The summed E-state index contributed by atoms with van der Waals surface area (Å²) >= 11 is 0. The Labute approximate surface area is 104 Å². The van der Waals surface area contributed by atoms with E-state index in [9.17, 15) is 14.7 Å². The van der Waals surface area contributed by atoms with Gasteiger partial charge in [-0.05, 0) is 18.6 Å². The zero-order valence-electron chi connectivity index (χ0n) is 10.1. The molecule has 94 valence electrons. The number of rotatable bonds is 4. The van der Waals surface area contributed by atoms with E-state index in [0.29, 0.717) is 6.42 Å². The maximum atomic E-state index is 12.1. The summed E-state index contributed by atoms with van der Waals surface area (Å²) in [5.74, 6) is -0.658. The molecule has 1 aromatic heterocycles. The molecule has 1 N–H and O–H groups in total. The molecule has 2 rings (SSSR count). The van der Waals surface area contributed by atoms with Crippen molar-refractivity contribution in [2.45, 2.75) is 26.2 Å². The molecule has 1 heterocycles. The van der Waals surface area contributed by atoms with E-state index < -0.39 is 5.97 Å². The van der Waals surface area contributed by atoms with E-state index in [1.807, 2.05) is 31.2 Å². The fourth-order valence-corrected chi connectivity index (χ4v) is 1.98.